The minimum absolute atomic E-state index is 0.0804. The fourth-order valence-electron chi connectivity index (χ4n) is 3.53. The van der Waals surface area contributed by atoms with Crippen molar-refractivity contribution in [3.8, 4) is 11.4 Å². The van der Waals surface area contributed by atoms with E-state index in [0.29, 0.717) is 53.5 Å². The molecular weight excluding hydrogens is 425 g/mol. The zero-order valence-corrected chi connectivity index (χ0v) is 17.6. The normalized spacial score (nSPS) is 16.7. The van der Waals surface area contributed by atoms with Crippen LogP contribution >= 0.6 is 23.2 Å². The summed E-state index contributed by atoms with van der Waals surface area (Å²) in [6, 6.07) is 8.85. The van der Waals surface area contributed by atoms with Crippen LogP contribution in [0.4, 0.5) is 5.82 Å². The smallest absolute Gasteiger partial charge is 0.255 e. The van der Waals surface area contributed by atoms with Gasteiger partial charge in [0.15, 0.2) is 0 Å². The average molecular weight is 444 g/mol. The molecule has 2 fully saturated rings. The molecule has 9 heteroatoms. The van der Waals surface area contributed by atoms with E-state index in [-0.39, 0.29) is 5.91 Å². The van der Waals surface area contributed by atoms with Crippen LogP contribution in [0, 0.1) is 0 Å². The number of halogens is 2. The standard InChI is InChI=1S/C21H19Cl2N5O2/c22-15-4-5-16(17(23)11-15)21(29)28-9-7-27(8-10-28)18-6-3-14(12-24-18)19-25-20(30-26-19)13-1-2-13/h3-6,11-13H,1-2,7-10H2. The average Bonchev–Trinajstić information content (AvgIpc) is 3.50. The van der Waals surface area contributed by atoms with Crippen molar-refractivity contribution < 1.29 is 9.32 Å². The Morgan fingerprint density at radius 2 is 1.87 bits per heavy atom. The van der Waals surface area contributed by atoms with Crippen molar-refractivity contribution in [2.24, 2.45) is 0 Å². The molecule has 7 nitrogen and oxygen atoms in total. The van der Waals surface area contributed by atoms with E-state index in [0.717, 1.165) is 30.1 Å². The van der Waals surface area contributed by atoms with Gasteiger partial charge < -0.3 is 14.3 Å². The summed E-state index contributed by atoms with van der Waals surface area (Å²) >= 11 is 12.1. The fraction of sp³-hybridized carbons (Fsp3) is 0.333. The van der Waals surface area contributed by atoms with Crippen LogP contribution in [0.3, 0.4) is 0 Å². The molecule has 0 spiro atoms. The highest BCUT2D eigenvalue weighted by Gasteiger charge is 2.30. The van der Waals surface area contributed by atoms with Crippen molar-refractivity contribution in [3.63, 3.8) is 0 Å². The summed E-state index contributed by atoms with van der Waals surface area (Å²) in [7, 11) is 0. The number of piperazine rings is 1. The van der Waals surface area contributed by atoms with Crippen molar-refractivity contribution in [2.45, 2.75) is 18.8 Å². The molecular formula is C21H19Cl2N5O2. The molecule has 1 aliphatic carbocycles. The molecule has 1 aromatic carbocycles. The molecule has 3 heterocycles. The molecule has 1 amide bonds. The predicted octanol–water partition coefficient (Wildman–Crippen LogP) is 4.28. The number of rotatable bonds is 4. The summed E-state index contributed by atoms with van der Waals surface area (Å²) in [5.74, 6) is 2.51. The number of hydrogen-bond acceptors (Lipinski definition) is 6. The predicted molar refractivity (Wildman–Crippen MR) is 114 cm³/mol. The van der Waals surface area contributed by atoms with Crippen molar-refractivity contribution in [2.75, 3.05) is 31.1 Å². The topological polar surface area (TPSA) is 75.4 Å². The SMILES string of the molecule is O=C(c1ccc(Cl)cc1Cl)N1CCN(c2ccc(-c3noc(C4CC4)n3)cn2)CC1. The van der Waals surface area contributed by atoms with Gasteiger partial charge in [0.2, 0.25) is 11.7 Å². The molecule has 5 rings (SSSR count). The highest BCUT2D eigenvalue weighted by atomic mass is 35.5. The van der Waals surface area contributed by atoms with Crippen molar-refractivity contribution in [3.05, 3.63) is 58.0 Å². The van der Waals surface area contributed by atoms with Crippen LogP contribution in [0.2, 0.25) is 10.0 Å². The Hall–Kier alpha value is -2.64. The number of carbonyl (C=O) groups excluding carboxylic acids is 1. The molecule has 0 unspecified atom stereocenters. The van der Waals surface area contributed by atoms with Gasteiger partial charge in [0.1, 0.15) is 5.82 Å². The lowest BCUT2D eigenvalue weighted by molar-refractivity contribution is 0.0746. The molecule has 0 atom stereocenters. The number of anilines is 1. The summed E-state index contributed by atoms with van der Waals surface area (Å²) in [5, 5.41) is 4.95. The van der Waals surface area contributed by atoms with Crippen molar-refractivity contribution >= 4 is 34.9 Å². The molecule has 30 heavy (non-hydrogen) atoms. The third-order valence-corrected chi connectivity index (χ3v) is 5.97. The van der Waals surface area contributed by atoms with E-state index in [1.54, 1.807) is 29.3 Å². The van der Waals surface area contributed by atoms with Gasteiger partial charge in [0.25, 0.3) is 5.91 Å². The highest BCUT2D eigenvalue weighted by Crippen LogP contribution is 2.39. The van der Waals surface area contributed by atoms with Crippen LogP contribution in [-0.2, 0) is 0 Å². The number of hydrogen-bond donors (Lipinski definition) is 0. The quantitative estimate of drug-likeness (QED) is 0.598. The zero-order chi connectivity index (χ0) is 20.7. The molecule has 2 aromatic heterocycles. The van der Waals surface area contributed by atoms with Gasteiger partial charge >= 0.3 is 0 Å². The minimum atomic E-state index is -0.0804. The first-order valence-corrected chi connectivity index (χ1v) is 10.6. The Kier molecular flexibility index (Phi) is 5.08. The Morgan fingerprint density at radius 1 is 1.07 bits per heavy atom. The second kappa shape index (κ2) is 7.89. The third-order valence-electron chi connectivity index (χ3n) is 5.43. The molecule has 1 saturated carbocycles. The van der Waals surface area contributed by atoms with E-state index in [9.17, 15) is 4.79 Å². The maximum atomic E-state index is 12.8. The summed E-state index contributed by atoms with van der Waals surface area (Å²) in [6.45, 7) is 2.57. The number of benzene rings is 1. The van der Waals surface area contributed by atoms with E-state index in [4.69, 9.17) is 27.7 Å². The second-order valence-electron chi connectivity index (χ2n) is 7.54. The Labute approximate surface area is 183 Å². The Morgan fingerprint density at radius 3 is 2.53 bits per heavy atom. The van der Waals surface area contributed by atoms with E-state index in [2.05, 4.69) is 20.0 Å². The summed E-state index contributed by atoms with van der Waals surface area (Å²) in [6.07, 6.45) is 4.01. The fourth-order valence-corrected chi connectivity index (χ4v) is 4.02. The lowest BCUT2D eigenvalue weighted by Gasteiger charge is -2.35. The number of amides is 1. The maximum Gasteiger partial charge on any atom is 0.255 e. The molecule has 0 bridgehead atoms. The van der Waals surface area contributed by atoms with E-state index >= 15 is 0 Å². The number of carbonyl (C=O) groups is 1. The van der Waals surface area contributed by atoms with Gasteiger partial charge in [-0.15, -0.1) is 0 Å². The van der Waals surface area contributed by atoms with Crippen LogP contribution in [0.25, 0.3) is 11.4 Å². The lowest BCUT2D eigenvalue weighted by atomic mass is 10.1. The molecule has 3 aromatic rings. The molecule has 154 valence electrons. The van der Waals surface area contributed by atoms with Crippen molar-refractivity contribution in [1.29, 1.82) is 0 Å². The molecule has 0 N–H and O–H groups in total. The van der Waals surface area contributed by atoms with E-state index < -0.39 is 0 Å². The van der Waals surface area contributed by atoms with Gasteiger partial charge in [0.05, 0.1) is 10.6 Å². The first-order chi connectivity index (χ1) is 14.6. The number of nitrogens with zero attached hydrogens (tertiary/aromatic N) is 5. The number of pyridine rings is 1. The largest absolute Gasteiger partial charge is 0.353 e. The molecule has 1 saturated heterocycles. The second-order valence-corrected chi connectivity index (χ2v) is 8.38. The van der Waals surface area contributed by atoms with Gasteiger partial charge in [-0.25, -0.2) is 4.98 Å². The molecule has 0 radical (unpaired) electrons. The third kappa shape index (κ3) is 3.87. The monoisotopic (exact) mass is 443 g/mol. The van der Waals surface area contributed by atoms with Gasteiger partial charge in [-0.3, -0.25) is 4.79 Å². The first kappa shape index (κ1) is 19.3. The van der Waals surface area contributed by atoms with E-state index in [1.165, 1.54) is 0 Å². The summed E-state index contributed by atoms with van der Waals surface area (Å²) in [5.41, 5.74) is 1.31. The van der Waals surface area contributed by atoms with Gasteiger partial charge in [-0.1, -0.05) is 28.4 Å². The van der Waals surface area contributed by atoms with Gasteiger partial charge in [-0.2, -0.15) is 4.98 Å². The Bertz CT molecular complexity index is 1070. The van der Waals surface area contributed by atoms with Crippen LogP contribution in [0.15, 0.2) is 41.1 Å². The number of aromatic nitrogens is 3. The summed E-state index contributed by atoms with van der Waals surface area (Å²) < 4.78 is 5.32. The van der Waals surface area contributed by atoms with Crippen LogP contribution < -0.4 is 4.90 Å². The maximum absolute atomic E-state index is 12.8. The van der Waals surface area contributed by atoms with Crippen LogP contribution in [0.1, 0.15) is 35.0 Å². The molecule has 1 aliphatic heterocycles. The van der Waals surface area contributed by atoms with E-state index in [1.807, 2.05) is 12.1 Å². The zero-order valence-electron chi connectivity index (χ0n) is 16.1. The summed E-state index contributed by atoms with van der Waals surface area (Å²) in [4.78, 5) is 25.8. The molecule has 2 aliphatic rings. The lowest BCUT2D eigenvalue weighted by Crippen LogP contribution is -2.49. The highest BCUT2D eigenvalue weighted by molar-refractivity contribution is 6.36. The van der Waals surface area contributed by atoms with Gasteiger partial charge in [-0.05, 0) is 43.2 Å². The minimum Gasteiger partial charge on any atom is -0.353 e. The Balaban J connectivity index is 1.22. The van der Waals surface area contributed by atoms with Gasteiger partial charge in [0, 0.05) is 48.9 Å². The van der Waals surface area contributed by atoms with Crippen LogP contribution in [0.5, 0.6) is 0 Å². The first-order valence-electron chi connectivity index (χ1n) is 9.88. The van der Waals surface area contributed by atoms with Crippen molar-refractivity contribution in [1.82, 2.24) is 20.0 Å². The van der Waals surface area contributed by atoms with Crippen LogP contribution in [-0.4, -0.2) is 52.1 Å².